The van der Waals surface area contributed by atoms with Gasteiger partial charge in [0.15, 0.2) is 17.0 Å². The van der Waals surface area contributed by atoms with Crippen molar-refractivity contribution in [3.63, 3.8) is 0 Å². The fraction of sp³-hybridized carbons (Fsp3) is 0.368. The third-order valence-electron chi connectivity index (χ3n) is 4.19. The van der Waals surface area contributed by atoms with E-state index < -0.39 is 0 Å². The molecule has 9 nitrogen and oxygen atoms in total. The number of ether oxygens (including phenoxy) is 3. The molecular formula is C19H23N5O4. The second kappa shape index (κ2) is 8.55. The number of carbonyl (C=O) groups excluding carboxylic acids is 1. The summed E-state index contributed by atoms with van der Waals surface area (Å²) in [6, 6.07) is 7.65. The quantitative estimate of drug-likeness (QED) is 0.464. The highest BCUT2D eigenvalue weighted by molar-refractivity contribution is 5.89. The minimum atomic E-state index is -0.383. The number of esters is 1. The smallest absolute Gasteiger partial charge is 0.337 e. The molecule has 28 heavy (non-hydrogen) atoms. The molecule has 0 aliphatic carbocycles. The molecule has 0 saturated carbocycles. The van der Waals surface area contributed by atoms with Gasteiger partial charge >= 0.3 is 12.0 Å². The van der Waals surface area contributed by atoms with Gasteiger partial charge in [-0.1, -0.05) is 25.5 Å². The monoisotopic (exact) mass is 385 g/mol. The van der Waals surface area contributed by atoms with Gasteiger partial charge in [-0.25, -0.2) is 4.79 Å². The highest BCUT2D eigenvalue weighted by atomic mass is 16.5. The minimum absolute atomic E-state index is 0.211. The van der Waals surface area contributed by atoms with E-state index in [2.05, 4.69) is 21.9 Å². The third-order valence-corrected chi connectivity index (χ3v) is 4.19. The van der Waals surface area contributed by atoms with Gasteiger partial charge in [0, 0.05) is 0 Å². The zero-order valence-electron chi connectivity index (χ0n) is 16.1. The first-order valence-corrected chi connectivity index (χ1v) is 8.95. The van der Waals surface area contributed by atoms with Crippen LogP contribution in [-0.4, -0.2) is 46.3 Å². The summed E-state index contributed by atoms with van der Waals surface area (Å²) in [5.74, 6) is -0.152. The number of imidazole rings is 1. The summed E-state index contributed by atoms with van der Waals surface area (Å²) in [5, 5.41) is 0. The van der Waals surface area contributed by atoms with Crippen LogP contribution < -0.4 is 15.2 Å². The molecule has 2 heterocycles. The number of carbonyl (C=O) groups is 1. The molecule has 0 amide bonds. The van der Waals surface area contributed by atoms with Crippen LogP contribution in [0.2, 0.25) is 0 Å². The molecule has 0 saturated heterocycles. The Morgan fingerprint density at radius 2 is 1.89 bits per heavy atom. The standard InChI is InChI=1S/C19H23N5O4/c1-4-5-10-28-18-22-15(20)14-16(23-18)24(19(21-14)27-3)11-12-6-8-13(9-7-12)17(25)26-2/h6-9H,4-5,10-11H2,1-3H3,(H2,20,22,23). The number of benzene rings is 1. The molecule has 3 rings (SSSR count). The molecule has 0 unspecified atom stereocenters. The van der Waals surface area contributed by atoms with E-state index in [4.69, 9.17) is 19.9 Å². The van der Waals surface area contributed by atoms with E-state index >= 15 is 0 Å². The Bertz CT molecular complexity index is 969. The van der Waals surface area contributed by atoms with Crippen molar-refractivity contribution < 1.29 is 19.0 Å². The second-order valence-electron chi connectivity index (χ2n) is 6.14. The van der Waals surface area contributed by atoms with Gasteiger partial charge in [0.25, 0.3) is 6.01 Å². The van der Waals surface area contributed by atoms with Gasteiger partial charge in [-0.05, 0) is 24.1 Å². The van der Waals surface area contributed by atoms with Crippen molar-refractivity contribution in [3.8, 4) is 12.0 Å². The average molecular weight is 385 g/mol. The molecule has 148 valence electrons. The summed E-state index contributed by atoms with van der Waals surface area (Å²) >= 11 is 0. The van der Waals surface area contributed by atoms with Crippen molar-refractivity contribution in [2.75, 3.05) is 26.6 Å². The zero-order chi connectivity index (χ0) is 20.1. The summed E-state index contributed by atoms with van der Waals surface area (Å²) in [6.45, 7) is 3.01. The van der Waals surface area contributed by atoms with Crippen LogP contribution in [0.5, 0.6) is 12.0 Å². The predicted octanol–water partition coefficient (Wildman–Crippen LogP) is 2.43. The number of nitrogen functional groups attached to an aromatic ring is 1. The lowest BCUT2D eigenvalue weighted by Crippen LogP contribution is -2.07. The molecule has 0 spiro atoms. The number of unbranched alkanes of at least 4 members (excludes halogenated alkanes) is 1. The van der Waals surface area contributed by atoms with Crippen molar-refractivity contribution in [1.82, 2.24) is 19.5 Å². The number of nitrogens with two attached hydrogens (primary N) is 1. The van der Waals surface area contributed by atoms with Gasteiger partial charge in [0.05, 0.1) is 32.9 Å². The van der Waals surface area contributed by atoms with Gasteiger partial charge in [0.1, 0.15) is 0 Å². The Balaban J connectivity index is 1.95. The molecule has 2 aromatic heterocycles. The van der Waals surface area contributed by atoms with E-state index in [1.54, 1.807) is 16.7 Å². The first-order valence-electron chi connectivity index (χ1n) is 8.95. The predicted molar refractivity (Wildman–Crippen MR) is 104 cm³/mol. The van der Waals surface area contributed by atoms with Gasteiger partial charge in [-0.3, -0.25) is 4.57 Å². The largest absolute Gasteiger partial charge is 0.468 e. The van der Waals surface area contributed by atoms with Gasteiger partial charge in [0.2, 0.25) is 0 Å². The van der Waals surface area contributed by atoms with E-state index in [9.17, 15) is 4.79 Å². The van der Waals surface area contributed by atoms with E-state index in [0.29, 0.717) is 35.9 Å². The maximum Gasteiger partial charge on any atom is 0.337 e. The number of hydrogen-bond acceptors (Lipinski definition) is 8. The molecule has 0 aliphatic heterocycles. The second-order valence-corrected chi connectivity index (χ2v) is 6.14. The molecule has 1 aromatic carbocycles. The molecule has 2 N–H and O–H groups in total. The fourth-order valence-corrected chi connectivity index (χ4v) is 2.70. The van der Waals surface area contributed by atoms with Crippen LogP contribution in [0.1, 0.15) is 35.7 Å². The van der Waals surface area contributed by atoms with Crippen molar-refractivity contribution >= 4 is 23.0 Å². The number of hydrogen-bond donors (Lipinski definition) is 1. The van der Waals surface area contributed by atoms with E-state index in [1.807, 2.05) is 12.1 Å². The Hall–Kier alpha value is -3.36. The summed E-state index contributed by atoms with van der Waals surface area (Å²) in [5.41, 5.74) is 8.42. The number of anilines is 1. The summed E-state index contributed by atoms with van der Waals surface area (Å²) in [4.78, 5) is 24.6. The normalized spacial score (nSPS) is 10.8. The lowest BCUT2D eigenvalue weighted by Gasteiger charge is -2.09. The number of nitrogens with zero attached hydrogens (tertiary/aromatic N) is 4. The van der Waals surface area contributed by atoms with Crippen molar-refractivity contribution in [1.29, 1.82) is 0 Å². The molecule has 0 atom stereocenters. The fourth-order valence-electron chi connectivity index (χ4n) is 2.70. The van der Waals surface area contributed by atoms with Crippen LogP contribution in [0.15, 0.2) is 24.3 Å². The van der Waals surface area contributed by atoms with Gasteiger partial charge < -0.3 is 19.9 Å². The highest BCUT2D eigenvalue weighted by Crippen LogP contribution is 2.26. The number of rotatable bonds is 8. The molecule has 3 aromatic rings. The zero-order valence-corrected chi connectivity index (χ0v) is 16.1. The number of methoxy groups -OCH3 is 2. The van der Waals surface area contributed by atoms with Gasteiger partial charge in [-0.2, -0.15) is 15.0 Å². The SMILES string of the molecule is CCCCOc1nc(N)c2nc(OC)n(Cc3ccc(C(=O)OC)cc3)c2n1. The van der Waals surface area contributed by atoms with Crippen molar-refractivity contribution in [2.24, 2.45) is 0 Å². The summed E-state index contributed by atoms with van der Waals surface area (Å²) < 4.78 is 17.5. The average Bonchev–Trinajstić information content (AvgIpc) is 3.06. The highest BCUT2D eigenvalue weighted by Gasteiger charge is 2.18. The lowest BCUT2D eigenvalue weighted by molar-refractivity contribution is 0.0600. The van der Waals surface area contributed by atoms with Crippen LogP contribution in [0.3, 0.4) is 0 Å². The van der Waals surface area contributed by atoms with E-state index in [0.717, 1.165) is 18.4 Å². The molecule has 0 aliphatic rings. The molecule has 0 fully saturated rings. The number of aromatic nitrogens is 4. The Morgan fingerprint density at radius 1 is 1.14 bits per heavy atom. The minimum Gasteiger partial charge on any atom is -0.468 e. The van der Waals surface area contributed by atoms with Crippen LogP contribution in [0.4, 0.5) is 5.82 Å². The van der Waals surface area contributed by atoms with E-state index in [-0.39, 0.29) is 17.8 Å². The van der Waals surface area contributed by atoms with Crippen molar-refractivity contribution in [3.05, 3.63) is 35.4 Å². The van der Waals surface area contributed by atoms with Gasteiger partial charge in [-0.15, -0.1) is 0 Å². The lowest BCUT2D eigenvalue weighted by atomic mass is 10.1. The van der Waals surface area contributed by atoms with Crippen LogP contribution in [-0.2, 0) is 11.3 Å². The van der Waals surface area contributed by atoms with Crippen LogP contribution in [0.25, 0.3) is 11.2 Å². The third kappa shape index (κ3) is 3.98. The molecule has 9 heteroatoms. The van der Waals surface area contributed by atoms with Crippen LogP contribution >= 0.6 is 0 Å². The summed E-state index contributed by atoms with van der Waals surface area (Å²) in [6.07, 6.45) is 1.90. The Morgan fingerprint density at radius 3 is 2.54 bits per heavy atom. The molecule has 0 radical (unpaired) electrons. The first kappa shape index (κ1) is 19.4. The summed E-state index contributed by atoms with van der Waals surface area (Å²) in [7, 11) is 2.88. The van der Waals surface area contributed by atoms with Crippen molar-refractivity contribution in [2.45, 2.75) is 26.3 Å². The number of fused-ring (bicyclic) bond motifs is 1. The Kier molecular flexibility index (Phi) is 5.93. The maximum absolute atomic E-state index is 11.6. The van der Waals surface area contributed by atoms with Crippen LogP contribution in [0, 0.1) is 0 Å². The topological polar surface area (TPSA) is 114 Å². The molecular weight excluding hydrogens is 362 g/mol. The maximum atomic E-state index is 11.6. The van der Waals surface area contributed by atoms with E-state index in [1.165, 1.54) is 14.2 Å². The molecule has 0 bridgehead atoms. The Labute approximate surface area is 162 Å². The first-order chi connectivity index (χ1) is 13.6.